The number of amides is 2. The van der Waals surface area contributed by atoms with Crippen molar-refractivity contribution in [1.82, 2.24) is 15.6 Å². The van der Waals surface area contributed by atoms with Crippen LogP contribution in [0.5, 0.6) is 0 Å². The zero-order valence-electron chi connectivity index (χ0n) is 12.8. The molecule has 1 unspecified atom stereocenters. The lowest BCUT2D eigenvalue weighted by atomic mass is 10.0. The monoisotopic (exact) mass is 289 g/mol. The van der Waals surface area contributed by atoms with Crippen LogP contribution in [0.4, 0.5) is 10.6 Å². The molecule has 0 aliphatic heterocycles. The van der Waals surface area contributed by atoms with E-state index < -0.39 is 0 Å². The third-order valence-corrected chi connectivity index (χ3v) is 3.19. The molecule has 21 heavy (non-hydrogen) atoms. The van der Waals surface area contributed by atoms with Gasteiger partial charge in [-0.05, 0) is 24.5 Å². The molecule has 1 aromatic heterocycles. The van der Waals surface area contributed by atoms with Crippen molar-refractivity contribution in [1.29, 1.82) is 5.26 Å². The number of nitrogens with zero attached hydrogens (tertiary/aromatic N) is 2. The fourth-order valence-electron chi connectivity index (χ4n) is 1.95. The molecule has 0 aliphatic carbocycles. The maximum atomic E-state index is 11.7. The molecule has 0 saturated carbocycles. The number of anilines is 1. The van der Waals surface area contributed by atoms with E-state index in [4.69, 9.17) is 5.26 Å². The Morgan fingerprint density at radius 3 is 2.81 bits per heavy atom. The summed E-state index contributed by atoms with van der Waals surface area (Å²) in [4.78, 5) is 15.8. The molecule has 1 aromatic rings. The normalized spacial score (nSPS) is 11.6. The molecule has 0 saturated heterocycles. The van der Waals surface area contributed by atoms with E-state index in [0.29, 0.717) is 30.4 Å². The van der Waals surface area contributed by atoms with Gasteiger partial charge in [0.2, 0.25) is 0 Å². The van der Waals surface area contributed by atoms with Gasteiger partial charge in [-0.25, -0.2) is 9.78 Å². The fraction of sp³-hybridized carbons (Fsp3) is 0.533. The highest BCUT2D eigenvalue weighted by Crippen LogP contribution is 2.08. The standard InChI is InChI=1S/C15H23N5O/c1-4-13(11(2)3)20-15(21)19-9-8-18-14-12(10-16)6-5-7-17-14/h5-7,11,13H,4,8-9H2,1-3H3,(H,17,18)(H2,19,20,21). The van der Waals surface area contributed by atoms with E-state index in [0.717, 1.165) is 6.42 Å². The Bertz CT molecular complexity index is 495. The number of hydrogen-bond acceptors (Lipinski definition) is 4. The number of carbonyl (C=O) groups excluding carboxylic acids is 1. The molecule has 0 fully saturated rings. The number of urea groups is 1. The maximum absolute atomic E-state index is 11.7. The van der Waals surface area contributed by atoms with Gasteiger partial charge in [0.15, 0.2) is 0 Å². The minimum atomic E-state index is -0.168. The van der Waals surface area contributed by atoms with Crippen LogP contribution in [0.2, 0.25) is 0 Å². The van der Waals surface area contributed by atoms with Crippen molar-refractivity contribution in [3.05, 3.63) is 23.9 Å². The largest absolute Gasteiger partial charge is 0.367 e. The van der Waals surface area contributed by atoms with Crippen molar-refractivity contribution in [2.24, 2.45) is 5.92 Å². The van der Waals surface area contributed by atoms with Crippen LogP contribution >= 0.6 is 0 Å². The molecule has 0 spiro atoms. The van der Waals surface area contributed by atoms with E-state index in [1.165, 1.54) is 0 Å². The molecule has 1 heterocycles. The van der Waals surface area contributed by atoms with Crippen LogP contribution in [0.25, 0.3) is 0 Å². The second-order valence-corrected chi connectivity index (χ2v) is 5.10. The summed E-state index contributed by atoms with van der Waals surface area (Å²) in [6, 6.07) is 5.49. The van der Waals surface area contributed by atoms with Gasteiger partial charge in [-0.3, -0.25) is 0 Å². The summed E-state index contributed by atoms with van der Waals surface area (Å²) in [7, 11) is 0. The number of hydrogen-bond donors (Lipinski definition) is 3. The zero-order valence-corrected chi connectivity index (χ0v) is 12.8. The zero-order chi connectivity index (χ0) is 15.7. The Kier molecular flexibility index (Phi) is 7.02. The lowest BCUT2D eigenvalue weighted by Gasteiger charge is -2.21. The molecular weight excluding hydrogens is 266 g/mol. The summed E-state index contributed by atoms with van der Waals surface area (Å²) in [5, 5.41) is 17.7. The highest BCUT2D eigenvalue weighted by molar-refractivity contribution is 5.74. The van der Waals surface area contributed by atoms with Gasteiger partial charge in [0, 0.05) is 25.3 Å². The van der Waals surface area contributed by atoms with Gasteiger partial charge in [0.25, 0.3) is 0 Å². The molecular formula is C15H23N5O. The van der Waals surface area contributed by atoms with Gasteiger partial charge >= 0.3 is 6.03 Å². The topological polar surface area (TPSA) is 89.8 Å². The van der Waals surface area contributed by atoms with Crippen molar-refractivity contribution in [2.75, 3.05) is 18.4 Å². The first-order valence-electron chi connectivity index (χ1n) is 7.21. The van der Waals surface area contributed by atoms with E-state index in [9.17, 15) is 4.79 Å². The molecule has 1 rings (SSSR count). The Morgan fingerprint density at radius 1 is 1.43 bits per heavy atom. The predicted octanol–water partition coefficient (Wildman–Crippen LogP) is 2.10. The lowest BCUT2D eigenvalue weighted by molar-refractivity contribution is 0.232. The Hall–Kier alpha value is -2.29. The number of carbonyl (C=O) groups is 1. The molecule has 0 aromatic carbocycles. The van der Waals surface area contributed by atoms with Crippen LogP contribution < -0.4 is 16.0 Å². The molecule has 0 bridgehead atoms. The first kappa shape index (κ1) is 16.8. The molecule has 0 radical (unpaired) electrons. The molecule has 1 atom stereocenters. The number of rotatable bonds is 7. The fourth-order valence-corrected chi connectivity index (χ4v) is 1.95. The van der Waals surface area contributed by atoms with Crippen LogP contribution in [0.15, 0.2) is 18.3 Å². The molecule has 6 heteroatoms. The first-order chi connectivity index (χ1) is 10.1. The van der Waals surface area contributed by atoms with E-state index in [1.54, 1.807) is 18.3 Å². The number of pyridine rings is 1. The molecule has 0 aliphatic rings. The smallest absolute Gasteiger partial charge is 0.315 e. The van der Waals surface area contributed by atoms with Gasteiger partial charge in [0.1, 0.15) is 11.9 Å². The Morgan fingerprint density at radius 2 is 2.19 bits per heavy atom. The lowest BCUT2D eigenvalue weighted by Crippen LogP contribution is -2.45. The van der Waals surface area contributed by atoms with Crippen molar-refractivity contribution in [3.63, 3.8) is 0 Å². The summed E-state index contributed by atoms with van der Waals surface area (Å²) >= 11 is 0. The molecule has 114 valence electrons. The minimum absolute atomic E-state index is 0.168. The summed E-state index contributed by atoms with van der Waals surface area (Å²) < 4.78 is 0. The van der Waals surface area contributed by atoms with E-state index in [-0.39, 0.29) is 12.1 Å². The summed E-state index contributed by atoms with van der Waals surface area (Å²) in [6.45, 7) is 7.19. The van der Waals surface area contributed by atoms with Crippen molar-refractivity contribution < 1.29 is 4.79 Å². The summed E-state index contributed by atoms with van der Waals surface area (Å²) in [5.74, 6) is 0.946. The van der Waals surface area contributed by atoms with Gasteiger partial charge in [-0.2, -0.15) is 5.26 Å². The Balaban J connectivity index is 2.31. The molecule has 6 nitrogen and oxygen atoms in total. The van der Waals surface area contributed by atoms with E-state index in [2.05, 4.69) is 47.8 Å². The van der Waals surface area contributed by atoms with Crippen molar-refractivity contribution in [2.45, 2.75) is 33.2 Å². The third-order valence-electron chi connectivity index (χ3n) is 3.19. The summed E-state index contributed by atoms with van der Waals surface area (Å²) in [6.07, 6.45) is 2.53. The van der Waals surface area contributed by atoms with Crippen LogP contribution in [0.1, 0.15) is 32.8 Å². The van der Waals surface area contributed by atoms with Crippen LogP contribution in [0, 0.1) is 17.2 Å². The average molecular weight is 289 g/mol. The SMILES string of the molecule is CCC(NC(=O)NCCNc1ncccc1C#N)C(C)C. The maximum Gasteiger partial charge on any atom is 0.315 e. The first-order valence-corrected chi connectivity index (χ1v) is 7.21. The molecule has 2 amide bonds. The Labute approximate surface area is 126 Å². The van der Waals surface area contributed by atoms with Gasteiger partial charge < -0.3 is 16.0 Å². The average Bonchev–Trinajstić information content (AvgIpc) is 2.49. The number of aromatic nitrogens is 1. The van der Waals surface area contributed by atoms with Gasteiger partial charge in [0.05, 0.1) is 5.56 Å². The molecule has 3 N–H and O–H groups in total. The van der Waals surface area contributed by atoms with E-state index >= 15 is 0 Å². The highest BCUT2D eigenvalue weighted by Gasteiger charge is 2.13. The van der Waals surface area contributed by atoms with Crippen LogP contribution in [-0.4, -0.2) is 30.1 Å². The number of nitrogens with one attached hydrogen (secondary N) is 3. The van der Waals surface area contributed by atoms with Crippen molar-refractivity contribution >= 4 is 11.8 Å². The van der Waals surface area contributed by atoms with Crippen LogP contribution in [-0.2, 0) is 0 Å². The number of nitriles is 1. The second kappa shape index (κ2) is 8.80. The van der Waals surface area contributed by atoms with E-state index in [1.807, 2.05) is 0 Å². The van der Waals surface area contributed by atoms with Gasteiger partial charge in [-0.15, -0.1) is 0 Å². The highest BCUT2D eigenvalue weighted by atomic mass is 16.2. The predicted molar refractivity (Wildman–Crippen MR) is 82.9 cm³/mol. The van der Waals surface area contributed by atoms with Gasteiger partial charge in [-0.1, -0.05) is 20.8 Å². The van der Waals surface area contributed by atoms with Crippen LogP contribution in [0.3, 0.4) is 0 Å². The van der Waals surface area contributed by atoms with Crippen molar-refractivity contribution in [3.8, 4) is 6.07 Å². The third kappa shape index (κ3) is 5.69. The summed E-state index contributed by atoms with van der Waals surface area (Å²) in [5.41, 5.74) is 0.493. The quantitative estimate of drug-likeness (QED) is 0.670. The second-order valence-electron chi connectivity index (χ2n) is 5.10. The minimum Gasteiger partial charge on any atom is -0.367 e.